The number of hydrogen-bond donors (Lipinski definition) is 0. The molecule has 6 heteroatoms. The summed E-state index contributed by atoms with van der Waals surface area (Å²) in [4.78, 5) is 19.2. The number of nitrogens with zero attached hydrogens (tertiary/aromatic N) is 3. The predicted octanol–water partition coefficient (Wildman–Crippen LogP) is 4.89. The molecule has 0 saturated carbocycles. The zero-order valence-electron chi connectivity index (χ0n) is 15.4. The van der Waals surface area contributed by atoms with E-state index in [1.165, 1.54) is 0 Å². The summed E-state index contributed by atoms with van der Waals surface area (Å²) in [5.41, 5.74) is 4.30. The average molecular weight is 398 g/mol. The third kappa shape index (κ3) is 4.41. The fourth-order valence-electron chi connectivity index (χ4n) is 2.96. The first-order valence-corrected chi connectivity index (χ1v) is 9.34. The first-order valence-electron chi connectivity index (χ1n) is 8.93. The van der Waals surface area contributed by atoms with Gasteiger partial charge in [-0.2, -0.15) is 4.99 Å². The molecule has 5 nitrogen and oxygen atoms in total. The summed E-state index contributed by atoms with van der Waals surface area (Å²) in [6.45, 7) is 0.709. The second kappa shape index (κ2) is 8.52. The van der Waals surface area contributed by atoms with E-state index in [9.17, 15) is 4.79 Å². The summed E-state index contributed by atoms with van der Waals surface area (Å²) in [5, 5.41) is 2.39. The molecule has 0 saturated heterocycles. The van der Waals surface area contributed by atoms with E-state index in [2.05, 4.69) is 31.9 Å². The fraction of sp³-hybridized carbons (Fsp3) is 0.0435. The molecule has 0 radical (unpaired) electrons. The minimum absolute atomic E-state index is 0.545. The minimum Gasteiger partial charge on any atom is -0.436 e. The van der Waals surface area contributed by atoms with Crippen LogP contribution in [-0.2, 0) is 6.54 Å². The lowest BCUT2D eigenvalue weighted by molar-refractivity contribution is -0.688. The Hall–Kier alpha value is -3.73. The Balaban J connectivity index is 1.50. The SMILES string of the molecule is O=Cc1ccc(-c2cnc(-c3cc[n+](Cc4cccc(N=C=S)c4)cc3)o2)cc1. The van der Waals surface area contributed by atoms with Gasteiger partial charge in [-0.3, -0.25) is 4.79 Å². The molecule has 0 spiro atoms. The monoisotopic (exact) mass is 398 g/mol. The highest BCUT2D eigenvalue weighted by atomic mass is 32.1. The van der Waals surface area contributed by atoms with Gasteiger partial charge in [0.2, 0.25) is 5.89 Å². The molecule has 4 rings (SSSR count). The Morgan fingerprint density at radius 3 is 2.59 bits per heavy atom. The average Bonchev–Trinajstić information content (AvgIpc) is 3.25. The van der Waals surface area contributed by atoms with Crippen LogP contribution in [0, 0.1) is 0 Å². The third-order valence-electron chi connectivity index (χ3n) is 4.43. The highest BCUT2D eigenvalue weighted by molar-refractivity contribution is 7.78. The molecule has 29 heavy (non-hydrogen) atoms. The van der Waals surface area contributed by atoms with Gasteiger partial charge in [0.15, 0.2) is 24.7 Å². The van der Waals surface area contributed by atoms with Crippen LogP contribution in [0.1, 0.15) is 15.9 Å². The number of hydrogen-bond acceptors (Lipinski definition) is 5. The summed E-state index contributed by atoms with van der Waals surface area (Å²) in [6, 6.07) is 19.0. The summed E-state index contributed by atoms with van der Waals surface area (Å²) in [7, 11) is 0. The Morgan fingerprint density at radius 1 is 1.07 bits per heavy atom. The molecule has 2 aromatic carbocycles. The molecule has 0 aliphatic heterocycles. The Kier molecular flexibility index (Phi) is 5.47. The van der Waals surface area contributed by atoms with Crippen molar-refractivity contribution in [2.45, 2.75) is 6.54 Å². The molecule has 0 aliphatic carbocycles. The molecule has 0 unspecified atom stereocenters. The van der Waals surface area contributed by atoms with Crippen molar-refractivity contribution in [3.05, 3.63) is 90.4 Å². The third-order valence-corrected chi connectivity index (χ3v) is 4.52. The zero-order chi connectivity index (χ0) is 20.1. The van der Waals surface area contributed by atoms with E-state index in [4.69, 9.17) is 4.42 Å². The largest absolute Gasteiger partial charge is 0.436 e. The van der Waals surface area contributed by atoms with Crippen molar-refractivity contribution in [3.63, 3.8) is 0 Å². The van der Waals surface area contributed by atoms with Crippen LogP contribution in [0.25, 0.3) is 22.8 Å². The van der Waals surface area contributed by atoms with Gasteiger partial charge in [0, 0.05) is 34.4 Å². The Morgan fingerprint density at radius 2 is 1.86 bits per heavy atom. The van der Waals surface area contributed by atoms with Gasteiger partial charge in [-0.05, 0) is 24.4 Å². The maximum atomic E-state index is 10.8. The van der Waals surface area contributed by atoms with E-state index in [-0.39, 0.29) is 0 Å². The second-order valence-electron chi connectivity index (χ2n) is 6.40. The van der Waals surface area contributed by atoms with E-state index in [0.29, 0.717) is 23.8 Å². The maximum Gasteiger partial charge on any atom is 0.227 e. The lowest BCUT2D eigenvalue weighted by Gasteiger charge is -2.00. The summed E-state index contributed by atoms with van der Waals surface area (Å²) >= 11 is 4.66. The van der Waals surface area contributed by atoms with E-state index in [1.807, 2.05) is 60.9 Å². The first kappa shape index (κ1) is 18.6. The van der Waals surface area contributed by atoms with Gasteiger partial charge in [0.25, 0.3) is 0 Å². The molecule has 2 heterocycles. The number of thiocarbonyl (C=S) groups is 1. The van der Waals surface area contributed by atoms with E-state index >= 15 is 0 Å². The molecular weight excluding hydrogens is 382 g/mol. The van der Waals surface area contributed by atoms with Crippen molar-refractivity contribution < 1.29 is 13.8 Å². The number of aromatic nitrogens is 2. The van der Waals surface area contributed by atoms with Crippen molar-refractivity contribution in [2.75, 3.05) is 0 Å². The van der Waals surface area contributed by atoms with E-state index < -0.39 is 0 Å². The number of benzene rings is 2. The van der Waals surface area contributed by atoms with Crippen molar-refractivity contribution in [1.29, 1.82) is 0 Å². The van der Waals surface area contributed by atoms with Crippen LogP contribution in [0.3, 0.4) is 0 Å². The van der Waals surface area contributed by atoms with Crippen molar-refractivity contribution in [1.82, 2.24) is 4.98 Å². The minimum atomic E-state index is 0.545. The number of aldehydes is 1. The summed E-state index contributed by atoms with van der Waals surface area (Å²) in [6.07, 6.45) is 6.46. The number of aliphatic imine (C=N–C) groups is 1. The first-order chi connectivity index (χ1) is 14.2. The van der Waals surface area contributed by atoms with Gasteiger partial charge in [-0.25, -0.2) is 9.55 Å². The van der Waals surface area contributed by atoms with Crippen LogP contribution in [0.4, 0.5) is 5.69 Å². The summed E-state index contributed by atoms with van der Waals surface area (Å²) < 4.78 is 7.95. The van der Waals surface area contributed by atoms with Crippen LogP contribution in [0.2, 0.25) is 0 Å². The molecule has 4 aromatic rings. The maximum absolute atomic E-state index is 10.8. The molecule has 0 bridgehead atoms. The number of rotatable bonds is 6. The molecule has 0 aliphatic rings. The molecule has 0 atom stereocenters. The molecule has 2 aromatic heterocycles. The van der Waals surface area contributed by atoms with Gasteiger partial charge in [0.1, 0.15) is 6.29 Å². The topological polar surface area (TPSA) is 59.3 Å². The highest BCUT2D eigenvalue weighted by Gasteiger charge is 2.11. The van der Waals surface area contributed by atoms with Crippen LogP contribution < -0.4 is 4.57 Å². The van der Waals surface area contributed by atoms with Crippen LogP contribution in [0.5, 0.6) is 0 Å². The van der Waals surface area contributed by atoms with Gasteiger partial charge in [0.05, 0.1) is 17.0 Å². The van der Waals surface area contributed by atoms with Crippen molar-refractivity contribution in [3.8, 4) is 22.8 Å². The number of pyridine rings is 1. The Bertz CT molecular complexity index is 1190. The normalized spacial score (nSPS) is 10.3. The van der Waals surface area contributed by atoms with Gasteiger partial charge < -0.3 is 4.42 Å². The standard InChI is InChI=1S/C23H16N3O2S/c27-15-17-4-6-19(7-5-17)22-13-24-23(28-22)20-8-10-26(11-9-20)14-18-2-1-3-21(12-18)25-16-29/h1-13,15H,14H2/q+1. The van der Waals surface area contributed by atoms with E-state index in [0.717, 1.165) is 28.7 Å². The molecule has 140 valence electrons. The molecule has 0 N–H and O–H groups in total. The molecular formula is C23H16N3O2S+. The highest BCUT2D eigenvalue weighted by Crippen LogP contribution is 2.25. The second-order valence-corrected chi connectivity index (χ2v) is 6.58. The number of oxazole rings is 1. The van der Waals surface area contributed by atoms with E-state index in [1.54, 1.807) is 18.3 Å². The molecule has 0 fully saturated rings. The van der Waals surface area contributed by atoms with Crippen molar-refractivity contribution in [2.24, 2.45) is 4.99 Å². The van der Waals surface area contributed by atoms with Crippen molar-refractivity contribution >= 4 is 29.4 Å². The lowest BCUT2D eigenvalue weighted by Crippen LogP contribution is -2.32. The van der Waals surface area contributed by atoms with Crippen LogP contribution in [-0.4, -0.2) is 16.4 Å². The van der Waals surface area contributed by atoms with Gasteiger partial charge >= 0.3 is 0 Å². The fourth-order valence-corrected chi connectivity index (χ4v) is 3.07. The van der Waals surface area contributed by atoms with Gasteiger partial charge in [-0.15, -0.1) is 0 Å². The lowest BCUT2D eigenvalue weighted by atomic mass is 10.1. The van der Waals surface area contributed by atoms with Gasteiger partial charge in [-0.1, -0.05) is 36.4 Å². The number of isothiocyanates is 1. The number of carbonyl (C=O) groups is 1. The quantitative estimate of drug-likeness (QED) is 0.201. The smallest absolute Gasteiger partial charge is 0.227 e. The molecule has 0 amide bonds. The summed E-state index contributed by atoms with van der Waals surface area (Å²) in [5.74, 6) is 1.20. The van der Waals surface area contributed by atoms with Crippen LogP contribution in [0.15, 0.2) is 88.7 Å². The Labute approximate surface area is 173 Å². The number of carbonyl (C=O) groups excluding carboxylic acids is 1. The predicted molar refractivity (Wildman–Crippen MR) is 113 cm³/mol. The zero-order valence-corrected chi connectivity index (χ0v) is 16.2. The van der Waals surface area contributed by atoms with Crippen LogP contribution >= 0.6 is 12.2 Å².